The maximum Gasteiger partial charge on any atom is 0.451 e. The Hall–Kier alpha value is -1.83. The van der Waals surface area contributed by atoms with E-state index in [0.29, 0.717) is 5.75 Å². The molecule has 0 aliphatic carbocycles. The Labute approximate surface area is 127 Å². The Morgan fingerprint density at radius 1 is 1.19 bits per heavy atom. The maximum absolute atomic E-state index is 12.7. The van der Waals surface area contributed by atoms with E-state index in [1.807, 2.05) is 6.92 Å². The number of aromatic nitrogens is 2. The molecule has 4 nitrogen and oxygen atoms in total. The lowest BCUT2D eigenvalue weighted by Crippen LogP contribution is -2.12. The van der Waals surface area contributed by atoms with E-state index in [9.17, 15) is 13.2 Å². The predicted molar refractivity (Wildman–Crippen MR) is 75.5 cm³/mol. The first-order valence-electron chi connectivity index (χ1n) is 5.87. The Kier molecular flexibility index (Phi) is 4.36. The highest BCUT2D eigenvalue weighted by Gasteiger charge is 2.35. The summed E-state index contributed by atoms with van der Waals surface area (Å²) in [6.07, 6.45) is -4.64. The number of rotatable bonds is 3. The summed E-state index contributed by atoms with van der Waals surface area (Å²) in [4.78, 5) is 6.75. The standard InChI is InChI=1S/C13H11BrF3N3O/c1-7-5-8(3-4-9(7)14)21-11-6-10(18-2)19-12(20-11)13(15,16)17/h3-6H,1-2H3,(H,18,19,20). The van der Waals surface area contributed by atoms with Crippen molar-refractivity contribution in [2.75, 3.05) is 12.4 Å². The van der Waals surface area contributed by atoms with Gasteiger partial charge in [0.25, 0.3) is 0 Å². The molecule has 1 N–H and O–H groups in total. The number of alkyl halides is 3. The van der Waals surface area contributed by atoms with Gasteiger partial charge in [0.2, 0.25) is 11.7 Å². The SMILES string of the molecule is CNc1cc(Oc2ccc(Br)c(C)c2)nc(C(F)(F)F)n1. The summed E-state index contributed by atoms with van der Waals surface area (Å²) in [5.41, 5.74) is 0.895. The average Bonchev–Trinajstić information content (AvgIpc) is 2.41. The molecule has 2 rings (SSSR count). The van der Waals surface area contributed by atoms with Crippen molar-refractivity contribution in [2.24, 2.45) is 0 Å². The summed E-state index contributed by atoms with van der Waals surface area (Å²) in [6.45, 7) is 1.84. The fourth-order valence-electron chi connectivity index (χ4n) is 1.53. The van der Waals surface area contributed by atoms with E-state index in [1.54, 1.807) is 18.2 Å². The summed E-state index contributed by atoms with van der Waals surface area (Å²) in [5.74, 6) is -1.01. The normalized spacial score (nSPS) is 11.3. The van der Waals surface area contributed by atoms with Gasteiger partial charge >= 0.3 is 6.18 Å². The molecule has 0 bridgehead atoms. The van der Waals surface area contributed by atoms with Crippen molar-refractivity contribution in [2.45, 2.75) is 13.1 Å². The molecule has 0 spiro atoms. The van der Waals surface area contributed by atoms with Gasteiger partial charge in [0.05, 0.1) is 0 Å². The van der Waals surface area contributed by atoms with Crippen LogP contribution in [0.4, 0.5) is 19.0 Å². The van der Waals surface area contributed by atoms with Crippen LogP contribution in [0, 0.1) is 6.92 Å². The number of ether oxygens (including phenoxy) is 1. The van der Waals surface area contributed by atoms with Crippen molar-refractivity contribution >= 4 is 21.7 Å². The van der Waals surface area contributed by atoms with Crippen molar-refractivity contribution in [1.82, 2.24) is 9.97 Å². The molecule has 1 heterocycles. The molecule has 0 aliphatic heterocycles. The third kappa shape index (κ3) is 3.84. The monoisotopic (exact) mass is 361 g/mol. The van der Waals surface area contributed by atoms with Crippen LogP contribution in [0.3, 0.4) is 0 Å². The van der Waals surface area contributed by atoms with E-state index in [2.05, 4.69) is 31.2 Å². The third-order valence-corrected chi connectivity index (χ3v) is 3.45. The van der Waals surface area contributed by atoms with E-state index < -0.39 is 12.0 Å². The minimum atomic E-state index is -4.64. The Balaban J connectivity index is 2.36. The van der Waals surface area contributed by atoms with E-state index in [-0.39, 0.29) is 11.7 Å². The molecule has 21 heavy (non-hydrogen) atoms. The first-order valence-corrected chi connectivity index (χ1v) is 6.67. The Morgan fingerprint density at radius 2 is 1.90 bits per heavy atom. The number of aryl methyl sites for hydroxylation is 1. The smallest absolute Gasteiger partial charge is 0.439 e. The highest BCUT2D eigenvalue weighted by atomic mass is 79.9. The van der Waals surface area contributed by atoms with Gasteiger partial charge in [0.15, 0.2) is 0 Å². The number of hydrogen-bond donors (Lipinski definition) is 1. The van der Waals surface area contributed by atoms with Crippen molar-refractivity contribution < 1.29 is 17.9 Å². The second-order valence-electron chi connectivity index (χ2n) is 4.18. The van der Waals surface area contributed by atoms with Crippen LogP contribution >= 0.6 is 15.9 Å². The van der Waals surface area contributed by atoms with Gasteiger partial charge in [-0.15, -0.1) is 0 Å². The zero-order valence-corrected chi connectivity index (χ0v) is 12.7. The first-order chi connectivity index (χ1) is 9.79. The molecule has 0 unspecified atom stereocenters. The second-order valence-corrected chi connectivity index (χ2v) is 5.03. The topological polar surface area (TPSA) is 47.0 Å². The van der Waals surface area contributed by atoms with Crippen LogP contribution in [0.5, 0.6) is 11.6 Å². The number of nitrogens with one attached hydrogen (secondary N) is 1. The quantitative estimate of drug-likeness (QED) is 0.879. The lowest BCUT2D eigenvalue weighted by atomic mass is 10.2. The van der Waals surface area contributed by atoms with Gasteiger partial charge in [-0.1, -0.05) is 15.9 Å². The van der Waals surface area contributed by atoms with Gasteiger partial charge in [-0.05, 0) is 30.7 Å². The minimum absolute atomic E-state index is 0.0289. The van der Waals surface area contributed by atoms with Gasteiger partial charge in [0, 0.05) is 17.6 Å². The van der Waals surface area contributed by atoms with Crippen molar-refractivity contribution in [1.29, 1.82) is 0 Å². The first kappa shape index (κ1) is 15.6. The van der Waals surface area contributed by atoms with Crippen LogP contribution in [0.15, 0.2) is 28.7 Å². The third-order valence-electron chi connectivity index (χ3n) is 2.56. The summed E-state index contributed by atoms with van der Waals surface area (Å²) < 4.78 is 44.4. The molecule has 112 valence electrons. The van der Waals surface area contributed by atoms with Crippen molar-refractivity contribution in [3.05, 3.63) is 40.1 Å². The maximum atomic E-state index is 12.7. The summed E-state index contributed by atoms with van der Waals surface area (Å²) in [6, 6.07) is 6.37. The van der Waals surface area contributed by atoms with Crippen LogP contribution in [0.1, 0.15) is 11.4 Å². The summed E-state index contributed by atoms with van der Waals surface area (Å²) >= 11 is 3.34. The van der Waals surface area contributed by atoms with Crippen molar-refractivity contribution in [3.8, 4) is 11.6 Å². The molecule has 0 atom stereocenters. The lowest BCUT2D eigenvalue weighted by Gasteiger charge is -2.11. The fraction of sp³-hybridized carbons (Fsp3) is 0.231. The highest BCUT2D eigenvalue weighted by molar-refractivity contribution is 9.10. The second kappa shape index (κ2) is 5.88. The fourth-order valence-corrected chi connectivity index (χ4v) is 1.78. The minimum Gasteiger partial charge on any atom is -0.439 e. The molecular weight excluding hydrogens is 351 g/mol. The van der Waals surface area contributed by atoms with E-state index in [0.717, 1.165) is 10.0 Å². The van der Waals surface area contributed by atoms with Gasteiger partial charge in [0.1, 0.15) is 11.6 Å². The largest absolute Gasteiger partial charge is 0.451 e. The highest BCUT2D eigenvalue weighted by Crippen LogP contribution is 2.31. The lowest BCUT2D eigenvalue weighted by molar-refractivity contribution is -0.145. The molecule has 0 aliphatic rings. The van der Waals surface area contributed by atoms with Crippen LogP contribution in [0.2, 0.25) is 0 Å². The van der Waals surface area contributed by atoms with Crippen molar-refractivity contribution in [3.63, 3.8) is 0 Å². The van der Waals surface area contributed by atoms with Crippen LogP contribution in [0.25, 0.3) is 0 Å². The molecule has 1 aromatic carbocycles. The average molecular weight is 362 g/mol. The van der Waals surface area contributed by atoms with Gasteiger partial charge in [-0.2, -0.15) is 18.2 Å². The summed E-state index contributed by atoms with van der Waals surface area (Å²) in [5, 5.41) is 2.55. The molecule has 1 aromatic heterocycles. The number of halogens is 4. The van der Waals surface area contributed by atoms with Crippen LogP contribution in [-0.2, 0) is 6.18 Å². The van der Waals surface area contributed by atoms with Gasteiger partial charge in [-0.3, -0.25) is 0 Å². The molecule has 0 saturated heterocycles. The zero-order chi connectivity index (χ0) is 15.6. The molecule has 2 aromatic rings. The molecule has 8 heteroatoms. The van der Waals surface area contributed by atoms with E-state index in [4.69, 9.17) is 4.74 Å². The Morgan fingerprint density at radius 3 is 2.48 bits per heavy atom. The zero-order valence-electron chi connectivity index (χ0n) is 11.1. The summed E-state index contributed by atoms with van der Waals surface area (Å²) in [7, 11) is 1.47. The van der Waals surface area contributed by atoms with Crippen LogP contribution in [-0.4, -0.2) is 17.0 Å². The predicted octanol–water partition coefficient (Wildman–Crippen LogP) is 4.40. The number of benzene rings is 1. The molecule has 0 fully saturated rings. The van der Waals surface area contributed by atoms with Crippen LogP contribution < -0.4 is 10.1 Å². The Bertz CT molecular complexity index is 662. The van der Waals surface area contributed by atoms with Gasteiger partial charge in [-0.25, -0.2) is 4.98 Å². The molecule has 0 saturated carbocycles. The molecule has 0 radical (unpaired) electrons. The number of anilines is 1. The van der Waals surface area contributed by atoms with E-state index in [1.165, 1.54) is 13.1 Å². The molecule has 0 amide bonds. The van der Waals surface area contributed by atoms with E-state index >= 15 is 0 Å². The number of hydrogen-bond acceptors (Lipinski definition) is 4. The molecular formula is C13H11BrF3N3O. The van der Waals surface area contributed by atoms with Gasteiger partial charge < -0.3 is 10.1 Å². The number of nitrogens with zero attached hydrogens (tertiary/aromatic N) is 2.